The number of anilines is 3. The second kappa shape index (κ2) is 7.80. The highest BCUT2D eigenvalue weighted by atomic mass is 15.3. The molecule has 0 unspecified atom stereocenters. The van der Waals surface area contributed by atoms with Crippen molar-refractivity contribution in [2.24, 2.45) is 5.73 Å². The maximum Gasteiger partial charge on any atom is 0.177 e. The van der Waals surface area contributed by atoms with Crippen LogP contribution in [0.3, 0.4) is 0 Å². The maximum atomic E-state index is 6.46. The molecule has 1 fully saturated rings. The highest BCUT2D eigenvalue weighted by Crippen LogP contribution is 2.41. The minimum Gasteiger partial charge on any atom is -0.382 e. The largest absolute Gasteiger partial charge is 0.382 e. The van der Waals surface area contributed by atoms with Crippen molar-refractivity contribution in [3.63, 3.8) is 0 Å². The van der Waals surface area contributed by atoms with Gasteiger partial charge in [-0.3, -0.25) is 0 Å². The molecule has 5 rings (SSSR count). The van der Waals surface area contributed by atoms with E-state index >= 15 is 0 Å². The van der Waals surface area contributed by atoms with Crippen LogP contribution in [0.2, 0.25) is 0 Å². The molecule has 2 aromatic carbocycles. The summed E-state index contributed by atoms with van der Waals surface area (Å²) < 4.78 is 1.75. The van der Waals surface area contributed by atoms with E-state index in [9.17, 15) is 0 Å². The summed E-state index contributed by atoms with van der Waals surface area (Å²) in [6, 6.07) is 19.1. The predicted molar refractivity (Wildman–Crippen MR) is 122 cm³/mol. The first kappa shape index (κ1) is 18.6. The molecule has 0 spiro atoms. The minimum atomic E-state index is 0.282. The molecule has 5 N–H and O–H groups in total. The summed E-state index contributed by atoms with van der Waals surface area (Å²) in [5, 5.41) is 8.18. The second-order valence-electron chi connectivity index (χ2n) is 8.05. The molecule has 2 heterocycles. The number of nitrogens with zero attached hydrogens (tertiary/aromatic N) is 3. The van der Waals surface area contributed by atoms with E-state index in [-0.39, 0.29) is 6.04 Å². The van der Waals surface area contributed by atoms with Crippen molar-refractivity contribution in [1.82, 2.24) is 14.6 Å². The van der Waals surface area contributed by atoms with Crippen molar-refractivity contribution in [3.8, 4) is 11.1 Å². The van der Waals surface area contributed by atoms with E-state index in [2.05, 4.69) is 63.9 Å². The quantitative estimate of drug-likeness (QED) is 0.463. The third-order valence-corrected chi connectivity index (χ3v) is 6.03. The molecule has 0 amide bonds. The van der Waals surface area contributed by atoms with E-state index in [1.54, 1.807) is 10.7 Å². The van der Waals surface area contributed by atoms with Gasteiger partial charge in [0.1, 0.15) is 5.82 Å². The number of aromatic nitrogens is 3. The summed E-state index contributed by atoms with van der Waals surface area (Å²) in [6.07, 6.45) is 7.64. The standard InChI is InChI=1S/C24H26N6/c25-19-11-9-17(10-12-19)21-22(24-27-13-14-30(24)29-23(21)26)28-20-8-4-7-18(15-20)16-5-2-1-3-6-16/h1-8,13-15,17,19,28H,9-12,25H2,(H2,26,29)/t17-,19-. The molecular weight excluding hydrogens is 372 g/mol. The fraction of sp³-hybridized carbons (Fsp3) is 0.250. The monoisotopic (exact) mass is 398 g/mol. The highest BCUT2D eigenvalue weighted by molar-refractivity contribution is 5.82. The number of benzene rings is 2. The molecule has 152 valence electrons. The SMILES string of the molecule is Nc1nn2ccnc2c(Nc2cccc(-c3ccccc3)c2)c1[C@H]1CC[C@H](N)CC1. The Morgan fingerprint density at radius 2 is 1.70 bits per heavy atom. The van der Waals surface area contributed by atoms with Gasteiger partial charge in [0.25, 0.3) is 0 Å². The Hall–Kier alpha value is -3.38. The average molecular weight is 399 g/mol. The van der Waals surface area contributed by atoms with Gasteiger partial charge in [-0.25, -0.2) is 9.50 Å². The van der Waals surface area contributed by atoms with Crippen molar-refractivity contribution in [1.29, 1.82) is 0 Å². The Kier molecular flexibility index (Phi) is 4.85. The number of rotatable bonds is 4. The maximum absolute atomic E-state index is 6.46. The van der Waals surface area contributed by atoms with Crippen molar-refractivity contribution >= 4 is 22.8 Å². The summed E-state index contributed by atoms with van der Waals surface area (Å²) in [4.78, 5) is 4.56. The molecule has 1 aliphatic carbocycles. The van der Waals surface area contributed by atoms with Crippen LogP contribution < -0.4 is 16.8 Å². The highest BCUT2D eigenvalue weighted by Gasteiger charge is 2.27. The number of nitrogens with two attached hydrogens (primary N) is 2. The first-order valence-corrected chi connectivity index (χ1v) is 10.5. The van der Waals surface area contributed by atoms with Crippen LogP contribution in [0.1, 0.15) is 37.2 Å². The van der Waals surface area contributed by atoms with Gasteiger partial charge in [-0.05, 0) is 54.9 Å². The van der Waals surface area contributed by atoms with Gasteiger partial charge in [0.15, 0.2) is 5.65 Å². The molecule has 30 heavy (non-hydrogen) atoms. The zero-order valence-corrected chi connectivity index (χ0v) is 16.8. The van der Waals surface area contributed by atoms with E-state index in [4.69, 9.17) is 11.5 Å². The molecule has 6 heteroatoms. The molecule has 4 aromatic rings. The lowest BCUT2D eigenvalue weighted by Crippen LogP contribution is -2.26. The number of fused-ring (bicyclic) bond motifs is 1. The van der Waals surface area contributed by atoms with Crippen LogP contribution in [0.4, 0.5) is 17.2 Å². The van der Waals surface area contributed by atoms with Gasteiger partial charge in [0.2, 0.25) is 0 Å². The summed E-state index contributed by atoms with van der Waals surface area (Å²) in [5.41, 5.74) is 18.7. The van der Waals surface area contributed by atoms with Crippen LogP contribution in [0.5, 0.6) is 0 Å². The number of imidazole rings is 1. The fourth-order valence-corrected chi connectivity index (χ4v) is 4.47. The molecule has 1 aliphatic rings. The first-order valence-electron chi connectivity index (χ1n) is 10.5. The molecule has 0 atom stereocenters. The third kappa shape index (κ3) is 3.50. The van der Waals surface area contributed by atoms with E-state index in [0.717, 1.165) is 53.8 Å². The van der Waals surface area contributed by atoms with Crippen molar-refractivity contribution in [2.75, 3.05) is 11.1 Å². The lowest BCUT2D eigenvalue weighted by atomic mass is 9.81. The summed E-state index contributed by atoms with van der Waals surface area (Å²) >= 11 is 0. The Balaban J connectivity index is 1.57. The molecule has 0 aliphatic heterocycles. The van der Waals surface area contributed by atoms with Crippen molar-refractivity contribution in [3.05, 3.63) is 72.6 Å². The minimum absolute atomic E-state index is 0.282. The third-order valence-electron chi connectivity index (χ3n) is 6.03. The Labute approximate surface area is 175 Å². The zero-order valence-electron chi connectivity index (χ0n) is 16.8. The van der Waals surface area contributed by atoms with Gasteiger partial charge in [0.05, 0.1) is 5.69 Å². The van der Waals surface area contributed by atoms with E-state index in [0.29, 0.717) is 11.7 Å². The molecule has 2 aromatic heterocycles. The fourth-order valence-electron chi connectivity index (χ4n) is 4.47. The Bertz CT molecular complexity index is 1160. The smallest absolute Gasteiger partial charge is 0.177 e. The van der Waals surface area contributed by atoms with Gasteiger partial charge >= 0.3 is 0 Å². The summed E-state index contributed by atoms with van der Waals surface area (Å²) in [5.74, 6) is 0.890. The normalized spacial score (nSPS) is 19.1. The van der Waals surface area contributed by atoms with Gasteiger partial charge in [-0.1, -0.05) is 42.5 Å². The van der Waals surface area contributed by atoms with E-state index in [1.807, 2.05) is 12.3 Å². The summed E-state index contributed by atoms with van der Waals surface area (Å²) in [7, 11) is 0. The van der Waals surface area contributed by atoms with Crippen LogP contribution >= 0.6 is 0 Å². The number of hydrogen-bond acceptors (Lipinski definition) is 5. The predicted octanol–water partition coefficient (Wildman–Crippen LogP) is 4.71. The van der Waals surface area contributed by atoms with Crippen LogP contribution in [0, 0.1) is 0 Å². The van der Waals surface area contributed by atoms with Gasteiger partial charge in [0, 0.05) is 29.7 Å². The van der Waals surface area contributed by atoms with Crippen LogP contribution in [-0.2, 0) is 0 Å². The van der Waals surface area contributed by atoms with Gasteiger partial charge < -0.3 is 16.8 Å². The van der Waals surface area contributed by atoms with Crippen molar-refractivity contribution < 1.29 is 0 Å². The van der Waals surface area contributed by atoms with Crippen LogP contribution in [-0.4, -0.2) is 20.6 Å². The number of nitrogens with one attached hydrogen (secondary N) is 1. The number of hydrogen-bond donors (Lipinski definition) is 3. The van der Waals surface area contributed by atoms with E-state index < -0.39 is 0 Å². The lowest BCUT2D eigenvalue weighted by molar-refractivity contribution is 0.396. The van der Waals surface area contributed by atoms with Crippen LogP contribution in [0.25, 0.3) is 16.8 Å². The number of nitrogen functional groups attached to an aromatic ring is 1. The van der Waals surface area contributed by atoms with E-state index in [1.165, 1.54) is 5.56 Å². The Morgan fingerprint density at radius 1 is 0.933 bits per heavy atom. The molecule has 1 saturated carbocycles. The topological polar surface area (TPSA) is 94.3 Å². The molecule has 6 nitrogen and oxygen atoms in total. The van der Waals surface area contributed by atoms with Gasteiger partial charge in [-0.15, -0.1) is 5.10 Å². The molecular formula is C24H26N6. The molecule has 0 saturated heterocycles. The molecule has 0 bridgehead atoms. The summed E-state index contributed by atoms with van der Waals surface area (Å²) in [6.45, 7) is 0. The average Bonchev–Trinajstić information content (AvgIpc) is 3.24. The van der Waals surface area contributed by atoms with Crippen molar-refractivity contribution in [2.45, 2.75) is 37.6 Å². The van der Waals surface area contributed by atoms with Crippen LogP contribution in [0.15, 0.2) is 67.0 Å². The second-order valence-corrected chi connectivity index (χ2v) is 8.05. The Morgan fingerprint density at radius 3 is 2.50 bits per heavy atom. The van der Waals surface area contributed by atoms with Gasteiger partial charge in [-0.2, -0.15) is 0 Å². The first-order chi connectivity index (χ1) is 14.7. The molecule has 0 radical (unpaired) electrons. The zero-order chi connectivity index (χ0) is 20.5. The lowest BCUT2D eigenvalue weighted by Gasteiger charge is -2.28.